The van der Waals surface area contributed by atoms with Gasteiger partial charge in [-0.05, 0) is 25.5 Å². The van der Waals surface area contributed by atoms with E-state index in [1.807, 2.05) is 6.92 Å². The van der Waals surface area contributed by atoms with Crippen LogP contribution in [0, 0.1) is 13.8 Å². The maximum absolute atomic E-state index is 12.4. The Balaban J connectivity index is 2.45. The summed E-state index contributed by atoms with van der Waals surface area (Å²) in [5.41, 5.74) is 1.19. The third kappa shape index (κ3) is 2.13. The van der Waals surface area contributed by atoms with Gasteiger partial charge in [0, 0.05) is 19.3 Å². The molecule has 0 saturated heterocycles. The van der Waals surface area contributed by atoms with Crippen molar-refractivity contribution in [3.05, 3.63) is 45.4 Å². The number of nitrogens with zero attached hydrogens (tertiary/aromatic N) is 2. The van der Waals surface area contributed by atoms with Gasteiger partial charge in [0.05, 0.1) is 0 Å². The standard InChI is InChI=1S/C14H16N2O4/c1-8-7-10(12(17)15(3)9(8)2)13(18)16-6-4-5-11(16)14(19)20/h4-5,7,11H,6H2,1-3H3,(H,19,20)/t11-/m1/s1. The van der Waals surface area contributed by atoms with E-state index in [-0.39, 0.29) is 12.1 Å². The molecule has 0 spiro atoms. The second kappa shape index (κ2) is 4.96. The summed E-state index contributed by atoms with van der Waals surface area (Å²) in [7, 11) is 1.60. The topological polar surface area (TPSA) is 79.6 Å². The van der Waals surface area contributed by atoms with Crippen molar-refractivity contribution < 1.29 is 14.7 Å². The first-order chi connectivity index (χ1) is 9.34. The van der Waals surface area contributed by atoms with Crippen LogP contribution in [0.2, 0.25) is 0 Å². The van der Waals surface area contributed by atoms with Crippen LogP contribution in [0.25, 0.3) is 0 Å². The largest absolute Gasteiger partial charge is 0.479 e. The second-order valence-electron chi connectivity index (χ2n) is 4.86. The molecule has 0 unspecified atom stereocenters. The van der Waals surface area contributed by atoms with Crippen LogP contribution in [0.15, 0.2) is 23.0 Å². The minimum absolute atomic E-state index is 0.00514. The van der Waals surface area contributed by atoms with Crippen molar-refractivity contribution >= 4 is 11.9 Å². The molecule has 1 atom stereocenters. The Hall–Kier alpha value is -2.37. The molecular weight excluding hydrogens is 260 g/mol. The van der Waals surface area contributed by atoms with E-state index in [4.69, 9.17) is 5.11 Å². The number of pyridine rings is 1. The molecule has 0 radical (unpaired) electrons. The Kier molecular flexibility index (Phi) is 3.48. The summed E-state index contributed by atoms with van der Waals surface area (Å²) in [5.74, 6) is -1.65. The average molecular weight is 276 g/mol. The monoisotopic (exact) mass is 276 g/mol. The number of carbonyl (C=O) groups excluding carboxylic acids is 1. The van der Waals surface area contributed by atoms with Crippen LogP contribution < -0.4 is 5.56 Å². The highest BCUT2D eigenvalue weighted by Gasteiger charge is 2.32. The second-order valence-corrected chi connectivity index (χ2v) is 4.86. The van der Waals surface area contributed by atoms with Crippen molar-refractivity contribution in [2.24, 2.45) is 7.05 Å². The van der Waals surface area contributed by atoms with E-state index >= 15 is 0 Å². The maximum Gasteiger partial charge on any atom is 0.330 e. The van der Waals surface area contributed by atoms with Crippen LogP contribution in [0.5, 0.6) is 0 Å². The van der Waals surface area contributed by atoms with Gasteiger partial charge in [-0.15, -0.1) is 0 Å². The number of rotatable bonds is 2. The van der Waals surface area contributed by atoms with Crippen LogP contribution in [0.3, 0.4) is 0 Å². The quantitative estimate of drug-likeness (QED) is 0.796. The van der Waals surface area contributed by atoms with Crippen LogP contribution in [0.1, 0.15) is 21.6 Å². The number of carboxylic acids is 1. The first-order valence-corrected chi connectivity index (χ1v) is 6.22. The molecule has 1 aromatic heterocycles. The van der Waals surface area contributed by atoms with Crippen LogP contribution in [-0.4, -0.2) is 39.0 Å². The lowest BCUT2D eigenvalue weighted by Crippen LogP contribution is -2.43. The fourth-order valence-electron chi connectivity index (χ4n) is 2.23. The number of hydrogen-bond acceptors (Lipinski definition) is 3. The lowest BCUT2D eigenvalue weighted by Gasteiger charge is -2.22. The van der Waals surface area contributed by atoms with Crippen molar-refractivity contribution in [3.63, 3.8) is 0 Å². The van der Waals surface area contributed by atoms with Gasteiger partial charge in [-0.2, -0.15) is 0 Å². The van der Waals surface area contributed by atoms with Gasteiger partial charge in [-0.1, -0.05) is 12.2 Å². The van der Waals surface area contributed by atoms with Gasteiger partial charge in [-0.25, -0.2) is 4.79 Å². The summed E-state index contributed by atoms with van der Waals surface area (Å²) in [6.45, 7) is 3.80. The molecule has 2 rings (SSSR count). The summed E-state index contributed by atoms with van der Waals surface area (Å²) >= 11 is 0. The number of amides is 1. The molecule has 1 N–H and O–H groups in total. The van der Waals surface area contributed by atoms with Crippen molar-refractivity contribution in [3.8, 4) is 0 Å². The van der Waals surface area contributed by atoms with Crippen LogP contribution in [-0.2, 0) is 11.8 Å². The van der Waals surface area contributed by atoms with E-state index in [1.54, 1.807) is 20.0 Å². The molecule has 0 aromatic carbocycles. The highest BCUT2D eigenvalue weighted by molar-refractivity contribution is 5.97. The highest BCUT2D eigenvalue weighted by Crippen LogP contribution is 2.15. The van der Waals surface area contributed by atoms with Crippen molar-refractivity contribution in [2.75, 3.05) is 6.54 Å². The number of aryl methyl sites for hydroxylation is 1. The fourth-order valence-corrected chi connectivity index (χ4v) is 2.23. The minimum atomic E-state index is -1.10. The van der Waals surface area contributed by atoms with E-state index in [2.05, 4.69) is 0 Å². The molecule has 20 heavy (non-hydrogen) atoms. The third-order valence-corrected chi connectivity index (χ3v) is 3.67. The lowest BCUT2D eigenvalue weighted by atomic mass is 10.1. The summed E-state index contributed by atoms with van der Waals surface area (Å²) in [4.78, 5) is 36.8. The van der Waals surface area contributed by atoms with Gasteiger partial charge < -0.3 is 14.6 Å². The molecule has 106 valence electrons. The molecule has 0 fully saturated rings. The van der Waals surface area contributed by atoms with E-state index in [9.17, 15) is 14.4 Å². The number of hydrogen-bond donors (Lipinski definition) is 1. The molecule has 6 nitrogen and oxygen atoms in total. The number of aliphatic carboxylic acids is 1. The third-order valence-electron chi connectivity index (χ3n) is 3.67. The zero-order chi connectivity index (χ0) is 15.0. The SMILES string of the molecule is Cc1cc(C(=O)N2CC=C[C@@H]2C(=O)O)c(=O)n(C)c1C. The predicted octanol–water partition coefficient (Wildman–Crippen LogP) is 0.467. The number of carbonyl (C=O) groups is 2. The van der Waals surface area contributed by atoms with E-state index in [0.717, 1.165) is 11.3 Å². The molecule has 6 heteroatoms. The van der Waals surface area contributed by atoms with Gasteiger partial charge in [-0.3, -0.25) is 9.59 Å². The molecule has 0 bridgehead atoms. The summed E-state index contributed by atoms with van der Waals surface area (Å²) < 4.78 is 1.40. The van der Waals surface area contributed by atoms with Gasteiger partial charge in [0.15, 0.2) is 0 Å². The molecule has 2 heterocycles. The summed E-state index contributed by atoms with van der Waals surface area (Å²) in [5, 5.41) is 9.07. The van der Waals surface area contributed by atoms with Crippen LogP contribution >= 0.6 is 0 Å². The van der Waals surface area contributed by atoms with Crippen molar-refractivity contribution in [2.45, 2.75) is 19.9 Å². The molecule has 1 aliphatic rings. The van der Waals surface area contributed by atoms with Crippen molar-refractivity contribution in [1.82, 2.24) is 9.47 Å². The van der Waals surface area contributed by atoms with Gasteiger partial charge in [0.2, 0.25) is 0 Å². The Morgan fingerprint density at radius 2 is 2.00 bits per heavy atom. The lowest BCUT2D eigenvalue weighted by molar-refractivity contribution is -0.140. The number of carboxylic acid groups (broad SMARTS) is 1. The summed E-state index contributed by atoms with van der Waals surface area (Å²) in [6, 6.07) is 0.519. The Morgan fingerprint density at radius 3 is 2.60 bits per heavy atom. The predicted molar refractivity (Wildman–Crippen MR) is 72.8 cm³/mol. The zero-order valence-corrected chi connectivity index (χ0v) is 11.6. The first kappa shape index (κ1) is 14.0. The molecule has 0 saturated carbocycles. The zero-order valence-electron chi connectivity index (χ0n) is 11.6. The fraction of sp³-hybridized carbons (Fsp3) is 0.357. The molecular formula is C14H16N2O4. The van der Waals surface area contributed by atoms with Crippen LogP contribution in [0.4, 0.5) is 0 Å². The highest BCUT2D eigenvalue weighted by atomic mass is 16.4. The Labute approximate surface area is 115 Å². The molecule has 1 amide bonds. The molecule has 0 aliphatic carbocycles. The Bertz CT molecular complexity index is 672. The molecule has 1 aromatic rings. The first-order valence-electron chi connectivity index (χ1n) is 6.22. The van der Waals surface area contributed by atoms with Gasteiger partial charge >= 0.3 is 5.97 Å². The Morgan fingerprint density at radius 1 is 1.35 bits per heavy atom. The normalized spacial score (nSPS) is 17.6. The van der Waals surface area contributed by atoms with Crippen molar-refractivity contribution in [1.29, 1.82) is 0 Å². The molecule has 1 aliphatic heterocycles. The smallest absolute Gasteiger partial charge is 0.330 e. The average Bonchev–Trinajstić information content (AvgIpc) is 2.89. The summed E-state index contributed by atoms with van der Waals surface area (Å²) in [6.07, 6.45) is 3.06. The maximum atomic E-state index is 12.4. The van der Waals surface area contributed by atoms with E-state index in [0.29, 0.717) is 0 Å². The van der Waals surface area contributed by atoms with Gasteiger partial charge in [0.1, 0.15) is 11.6 Å². The van der Waals surface area contributed by atoms with Gasteiger partial charge in [0.25, 0.3) is 11.5 Å². The number of aromatic nitrogens is 1. The minimum Gasteiger partial charge on any atom is -0.479 e. The van der Waals surface area contributed by atoms with E-state index < -0.39 is 23.5 Å². The van der Waals surface area contributed by atoms with E-state index in [1.165, 1.54) is 21.6 Å².